The van der Waals surface area contributed by atoms with Crippen LogP contribution in [0.4, 0.5) is 0 Å². The number of benzene rings is 8. The minimum absolute atomic E-state index is 0.917. The second-order valence-electron chi connectivity index (χ2n) is 15.7. The van der Waals surface area contributed by atoms with E-state index in [1.165, 1.54) is 54.4 Å². The molecule has 0 aliphatic rings. The van der Waals surface area contributed by atoms with Gasteiger partial charge in [-0.25, -0.2) is 4.98 Å². The summed E-state index contributed by atoms with van der Waals surface area (Å²) < 4.78 is 2.34. The number of nitrogens with zero attached hydrogens (tertiary/aromatic N) is 4. The lowest BCUT2D eigenvalue weighted by Crippen LogP contribution is -1.94. The minimum atomic E-state index is 0.917. The van der Waals surface area contributed by atoms with Crippen LogP contribution in [-0.4, -0.2) is 19.5 Å². The molecule has 0 N–H and O–H groups in total. The quantitative estimate of drug-likeness (QED) is 0.158. The Balaban J connectivity index is 0.947. The van der Waals surface area contributed by atoms with E-state index in [0.29, 0.717) is 0 Å². The van der Waals surface area contributed by atoms with Crippen molar-refractivity contribution in [3.8, 4) is 61.6 Å². The smallest absolute Gasteiger partial charge is 0.0721 e. The zero-order valence-corrected chi connectivity index (χ0v) is 32.8. The van der Waals surface area contributed by atoms with Crippen LogP contribution in [0.2, 0.25) is 0 Å². The molecular formula is C56H36N4. The van der Waals surface area contributed by atoms with E-state index in [1.54, 1.807) is 0 Å². The fourth-order valence-electron chi connectivity index (χ4n) is 9.35. The van der Waals surface area contributed by atoms with Gasteiger partial charge in [0.15, 0.2) is 0 Å². The van der Waals surface area contributed by atoms with E-state index >= 15 is 0 Å². The van der Waals surface area contributed by atoms with E-state index in [4.69, 9.17) is 4.98 Å². The Bertz CT molecular complexity index is 3570. The number of rotatable bonds is 6. The predicted octanol–water partition coefficient (Wildman–Crippen LogP) is 14.5. The molecule has 0 bridgehead atoms. The van der Waals surface area contributed by atoms with Crippen LogP contribution in [0.25, 0.3) is 116 Å². The lowest BCUT2D eigenvalue weighted by molar-refractivity contribution is 1.17. The highest BCUT2D eigenvalue weighted by atomic mass is 15.0. The number of aryl methyl sites for hydroxylation is 1. The van der Waals surface area contributed by atoms with Gasteiger partial charge in [-0.15, -0.1) is 0 Å². The Kier molecular flexibility index (Phi) is 7.72. The third-order valence-electron chi connectivity index (χ3n) is 12.3. The van der Waals surface area contributed by atoms with Crippen molar-refractivity contribution in [1.82, 2.24) is 19.5 Å². The first-order valence-electron chi connectivity index (χ1n) is 20.4. The molecule has 4 nitrogen and oxygen atoms in total. The molecule has 0 amide bonds. The van der Waals surface area contributed by atoms with Crippen molar-refractivity contribution in [3.63, 3.8) is 0 Å². The van der Waals surface area contributed by atoms with Crippen molar-refractivity contribution in [2.45, 2.75) is 6.92 Å². The number of pyridine rings is 3. The van der Waals surface area contributed by atoms with E-state index in [2.05, 4.69) is 185 Å². The summed E-state index contributed by atoms with van der Waals surface area (Å²) in [5, 5.41) is 9.97. The Morgan fingerprint density at radius 2 is 1.05 bits per heavy atom. The summed E-state index contributed by atoms with van der Waals surface area (Å²) in [5.74, 6) is 0. The summed E-state index contributed by atoms with van der Waals surface area (Å²) in [6.45, 7) is 2.21. The fourth-order valence-corrected chi connectivity index (χ4v) is 9.35. The minimum Gasteiger partial charge on any atom is -0.309 e. The molecule has 0 aliphatic heterocycles. The van der Waals surface area contributed by atoms with Gasteiger partial charge in [-0.1, -0.05) is 121 Å². The van der Waals surface area contributed by atoms with Crippen LogP contribution in [0, 0.1) is 6.92 Å². The van der Waals surface area contributed by atoms with E-state index < -0.39 is 0 Å². The summed E-state index contributed by atoms with van der Waals surface area (Å²) in [4.78, 5) is 14.2. The van der Waals surface area contributed by atoms with Crippen molar-refractivity contribution < 1.29 is 0 Å². The number of hydrogen-bond donors (Lipinski definition) is 0. The maximum atomic E-state index is 5.33. The largest absolute Gasteiger partial charge is 0.309 e. The molecule has 4 heteroatoms. The van der Waals surface area contributed by atoms with Gasteiger partial charge in [0.2, 0.25) is 0 Å². The van der Waals surface area contributed by atoms with Gasteiger partial charge in [0.25, 0.3) is 0 Å². The van der Waals surface area contributed by atoms with Gasteiger partial charge in [0.1, 0.15) is 0 Å². The molecule has 60 heavy (non-hydrogen) atoms. The molecule has 12 aromatic rings. The Morgan fingerprint density at radius 1 is 0.383 bits per heavy atom. The van der Waals surface area contributed by atoms with Gasteiger partial charge in [-0.05, 0) is 133 Å². The molecule has 0 saturated carbocycles. The standard InChI is InChI=1S/C56H36N4/c1-35-30-43-17-21-47(48-22-16-41-8-5-9-46(35)55(41)56(43)48)52-33-44(32-51(59-52)40-24-27-57-28-25-40)39-12-10-38(11-13-39)42-18-23-53-49(31-42)50-34-58-29-26-54(50)60(53)45-19-14-37(15-20-45)36-6-3-2-4-7-36/h2-34H,1H3. The van der Waals surface area contributed by atoms with Crippen LogP contribution in [0.15, 0.2) is 201 Å². The van der Waals surface area contributed by atoms with Crippen LogP contribution >= 0.6 is 0 Å². The normalized spacial score (nSPS) is 11.8. The molecule has 0 atom stereocenters. The number of fused-ring (bicyclic) bond motifs is 3. The summed E-state index contributed by atoms with van der Waals surface area (Å²) in [6, 6.07) is 63.7. The van der Waals surface area contributed by atoms with Crippen LogP contribution < -0.4 is 0 Å². The number of hydrogen-bond acceptors (Lipinski definition) is 3. The van der Waals surface area contributed by atoms with E-state index in [9.17, 15) is 0 Å². The van der Waals surface area contributed by atoms with Gasteiger partial charge in [0, 0.05) is 52.4 Å². The van der Waals surface area contributed by atoms with Crippen molar-refractivity contribution in [3.05, 3.63) is 206 Å². The van der Waals surface area contributed by atoms with Crippen LogP contribution in [0.5, 0.6) is 0 Å². The number of aromatic nitrogens is 4. The average molecular weight is 765 g/mol. The van der Waals surface area contributed by atoms with Crippen LogP contribution in [0.1, 0.15) is 5.56 Å². The molecule has 0 spiro atoms. The molecule has 4 aromatic heterocycles. The van der Waals surface area contributed by atoms with Crippen molar-refractivity contribution in [2.24, 2.45) is 0 Å². The summed E-state index contributed by atoms with van der Waals surface area (Å²) in [6.07, 6.45) is 7.54. The monoisotopic (exact) mass is 764 g/mol. The lowest BCUT2D eigenvalue weighted by Gasteiger charge is -2.16. The maximum absolute atomic E-state index is 5.33. The maximum Gasteiger partial charge on any atom is 0.0721 e. The highest BCUT2D eigenvalue weighted by Gasteiger charge is 2.18. The van der Waals surface area contributed by atoms with Gasteiger partial charge >= 0.3 is 0 Å². The molecular weight excluding hydrogens is 729 g/mol. The Labute approximate surface area is 347 Å². The first-order chi connectivity index (χ1) is 29.6. The van der Waals surface area contributed by atoms with Crippen molar-refractivity contribution in [2.75, 3.05) is 0 Å². The first kappa shape index (κ1) is 34.1. The molecule has 0 aliphatic carbocycles. The summed E-state index contributed by atoms with van der Waals surface area (Å²) in [7, 11) is 0. The molecule has 8 aromatic carbocycles. The molecule has 280 valence electrons. The zero-order chi connectivity index (χ0) is 39.7. The van der Waals surface area contributed by atoms with Gasteiger partial charge in [-0.2, -0.15) is 0 Å². The topological polar surface area (TPSA) is 43.6 Å². The summed E-state index contributed by atoms with van der Waals surface area (Å²) in [5.41, 5.74) is 15.7. The molecule has 12 rings (SSSR count). The first-order valence-corrected chi connectivity index (χ1v) is 20.4. The van der Waals surface area contributed by atoms with E-state index in [-0.39, 0.29) is 0 Å². The van der Waals surface area contributed by atoms with E-state index in [0.717, 1.165) is 66.9 Å². The second-order valence-corrected chi connectivity index (χ2v) is 15.7. The molecule has 4 heterocycles. The van der Waals surface area contributed by atoms with Crippen LogP contribution in [-0.2, 0) is 0 Å². The fraction of sp³-hybridized carbons (Fsp3) is 0.0179. The second kappa shape index (κ2) is 13.6. The zero-order valence-electron chi connectivity index (χ0n) is 32.8. The highest BCUT2D eigenvalue weighted by molar-refractivity contribution is 6.26. The Morgan fingerprint density at radius 3 is 1.88 bits per heavy atom. The average Bonchev–Trinajstić information content (AvgIpc) is 3.65. The molecule has 0 saturated heterocycles. The van der Waals surface area contributed by atoms with Gasteiger partial charge < -0.3 is 4.57 Å². The van der Waals surface area contributed by atoms with E-state index in [1.807, 2.05) is 36.9 Å². The van der Waals surface area contributed by atoms with Gasteiger partial charge in [0.05, 0.1) is 22.4 Å². The predicted molar refractivity (Wildman–Crippen MR) is 250 cm³/mol. The van der Waals surface area contributed by atoms with Gasteiger partial charge in [-0.3, -0.25) is 9.97 Å². The SMILES string of the molecule is Cc1cc2ccc(-c3cc(-c4ccc(-c5ccc6c(c5)c5cnccc5n6-c5ccc(-c6ccccc6)cc5)cc4)cc(-c4ccncc4)n3)c3ccc4cccc1c4c23. The Hall–Kier alpha value is -7.95. The highest BCUT2D eigenvalue weighted by Crippen LogP contribution is 2.42. The van der Waals surface area contributed by atoms with Crippen molar-refractivity contribution >= 4 is 54.1 Å². The third-order valence-corrected chi connectivity index (χ3v) is 12.3. The molecule has 0 radical (unpaired) electrons. The lowest BCUT2D eigenvalue weighted by atomic mass is 9.88. The molecule has 0 fully saturated rings. The van der Waals surface area contributed by atoms with Crippen molar-refractivity contribution in [1.29, 1.82) is 0 Å². The third kappa shape index (κ3) is 5.49. The molecule has 0 unspecified atom stereocenters. The van der Waals surface area contributed by atoms with Crippen LogP contribution in [0.3, 0.4) is 0 Å². The summed E-state index contributed by atoms with van der Waals surface area (Å²) >= 11 is 0.